The van der Waals surface area contributed by atoms with Crippen molar-refractivity contribution in [2.75, 3.05) is 6.79 Å². The molecule has 1 aromatic rings. The second kappa shape index (κ2) is 8.62. The van der Waals surface area contributed by atoms with E-state index >= 15 is 0 Å². The van der Waals surface area contributed by atoms with E-state index in [1.807, 2.05) is 13.0 Å². The molecule has 0 unspecified atom stereocenters. The Morgan fingerprint density at radius 3 is 2.73 bits per heavy atom. The molecule has 0 radical (unpaired) electrons. The van der Waals surface area contributed by atoms with Crippen LogP contribution in [0.15, 0.2) is 29.8 Å². The lowest BCUT2D eigenvalue weighted by Gasteiger charge is -2.05. The normalized spacial score (nSPS) is 13.5. The molecule has 0 bridgehead atoms. The van der Waals surface area contributed by atoms with Gasteiger partial charge in [-0.1, -0.05) is 31.6 Å². The van der Waals surface area contributed by atoms with E-state index in [4.69, 9.17) is 9.47 Å². The lowest BCUT2D eigenvalue weighted by atomic mass is 10.0. The number of carbonyl (C=O) groups excluding carboxylic acids is 1. The van der Waals surface area contributed by atoms with Crippen LogP contribution in [0, 0.1) is 0 Å². The molecule has 1 aromatic carbocycles. The first-order chi connectivity index (χ1) is 10.7. The van der Waals surface area contributed by atoms with Gasteiger partial charge >= 0.3 is 0 Å². The molecule has 0 spiro atoms. The maximum absolute atomic E-state index is 11.3. The number of rotatable bonds is 9. The van der Waals surface area contributed by atoms with Gasteiger partial charge in [0.1, 0.15) is 5.78 Å². The highest BCUT2D eigenvalue weighted by molar-refractivity contribution is 5.77. The summed E-state index contributed by atoms with van der Waals surface area (Å²) in [5.41, 5.74) is 2.74. The van der Waals surface area contributed by atoms with Crippen LogP contribution in [-0.2, 0) is 11.2 Å². The summed E-state index contributed by atoms with van der Waals surface area (Å²) >= 11 is 0. The minimum Gasteiger partial charge on any atom is -0.454 e. The summed E-state index contributed by atoms with van der Waals surface area (Å²) in [6, 6.07) is 6.16. The third kappa shape index (κ3) is 4.90. The summed E-state index contributed by atoms with van der Waals surface area (Å²) in [5.74, 6) is 2.07. The van der Waals surface area contributed by atoms with Crippen molar-refractivity contribution in [1.82, 2.24) is 0 Å². The summed E-state index contributed by atoms with van der Waals surface area (Å²) in [5, 5.41) is 0. The Labute approximate surface area is 133 Å². The molecular formula is C19H26O3. The molecule has 0 atom stereocenters. The van der Waals surface area contributed by atoms with Gasteiger partial charge in [0, 0.05) is 12.8 Å². The third-order valence-corrected chi connectivity index (χ3v) is 4.10. The number of hydrogen-bond donors (Lipinski definition) is 0. The Hall–Kier alpha value is -1.77. The van der Waals surface area contributed by atoms with E-state index in [0.29, 0.717) is 19.0 Å². The molecule has 1 aliphatic rings. The number of Topliss-reactive ketones (excluding diaryl/α,β-unsaturated/α-hetero) is 1. The molecular weight excluding hydrogens is 276 g/mol. The van der Waals surface area contributed by atoms with Crippen LogP contribution in [0.2, 0.25) is 0 Å². The molecule has 0 N–H and O–H groups in total. The zero-order chi connectivity index (χ0) is 15.8. The van der Waals surface area contributed by atoms with E-state index in [1.165, 1.54) is 11.1 Å². The van der Waals surface area contributed by atoms with Gasteiger partial charge in [-0.15, -0.1) is 0 Å². The fraction of sp³-hybridized carbons (Fsp3) is 0.526. The highest BCUT2D eigenvalue weighted by atomic mass is 16.7. The number of aryl methyl sites for hydroxylation is 1. The second-order valence-corrected chi connectivity index (χ2v) is 5.69. The van der Waals surface area contributed by atoms with Gasteiger partial charge < -0.3 is 9.47 Å². The fourth-order valence-corrected chi connectivity index (χ4v) is 2.65. The van der Waals surface area contributed by atoms with Gasteiger partial charge in [0.15, 0.2) is 11.5 Å². The Bertz CT molecular complexity index is 531. The van der Waals surface area contributed by atoms with Crippen molar-refractivity contribution in [2.45, 2.75) is 58.8 Å². The molecule has 0 saturated heterocycles. The predicted molar refractivity (Wildman–Crippen MR) is 88.4 cm³/mol. The van der Waals surface area contributed by atoms with Crippen LogP contribution in [0.25, 0.3) is 0 Å². The van der Waals surface area contributed by atoms with Crippen LogP contribution in [0.3, 0.4) is 0 Å². The van der Waals surface area contributed by atoms with E-state index in [-0.39, 0.29) is 0 Å². The van der Waals surface area contributed by atoms with Crippen LogP contribution in [0.1, 0.15) is 57.9 Å². The van der Waals surface area contributed by atoms with Crippen LogP contribution in [-0.4, -0.2) is 12.6 Å². The van der Waals surface area contributed by atoms with Crippen molar-refractivity contribution in [2.24, 2.45) is 0 Å². The molecule has 2 rings (SSSR count). The Morgan fingerprint density at radius 1 is 1.14 bits per heavy atom. The van der Waals surface area contributed by atoms with Gasteiger partial charge in [0.05, 0.1) is 0 Å². The Morgan fingerprint density at radius 2 is 1.95 bits per heavy atom. The average Bonchev–Trinajstić information content (AvgIpc) is 3.00. The summed E-state index contributed by atoms with van der Waals surface area (Å²) in [4.78, 5) is 11.3. The van der Waals surface area contributed by atoms with Crippen molar-refractivity contribution < 1.29 is 14.3 Å². The van der Waals surface area contributed by atoms with E-state index in [2.05, 4.69) is 25.1 Å². The number of fused-ring (bicyclic) bond motifs is 1. The minimum absolute atomic E-state index is 0.329. The van der Waals surface area contributed by atoms with E-state index in [9.17, 15) is 4.79 Å². The van der Waals surface area contributed by atoms with E-state index in [1.54, 1.807) is 0 Å². The maximum Gasteiger partial charge on any atom is 0.231 e. The molecule has 22 heavy (non-hydrogen) atoms. The first kappa shape index (κ1) is 16.6. The predicted octanol–water partition coefficient (Wildman–Crippen LogP) is 4.83. The van der Waals surface area contributed by atoms with Crippen molar-refractivity contribution >= 4 is 5.78 Å². The van der Waals surface area contributed by atoms with Crippen molar-refractivity contribution in [3.8, 4) is 11.5 Å². The first-order valence-electron chi connectivity index (χ1n) is 8.31. The van der Waals surface area contributed by atoms with Gasteiger partial charge in [0.2, 0.25) is 6.79 Å². The molecule has 0 fully saturated rings. The van der Waals surface area contributed by atoms with Gasteiger partial charge in [-0.2, -0.15) is 0 Å². The van der Waals surface area contributed by atoms with Crippen molar-refractivity contribution in [3.63, 3.8) is 0 Å². The largest absolute Gasteiger partial charge is 0.454 e. The van der Waals surface area contributed by atoms with Gasteiger partial charge in [0.25, 0.3) is 0 Å². The van der Waals surface area contributed by atoms with Gasteiger partial charge in [-0.25, -0.2) is 0 Å². The molecule has 3 heteroatoms. The molecule has 0 saturated carbocycles. The minimum atomic E-state index is 0.329. The third-order valence-electron chi connectivity index (χ3n) is 4.10. The number of allylic oxidation sites excluding steroid dienone is 2. The molecule has 3 nitrogen and oxygen atoms in total. The zero-order valence-corrected chi connectivity index (χ0v) is 13.7. The van der Waals surface area contributed by atoms with E-state index < -0.39 is 0 Å². The van der Waals surface area contributed by atoms with Gasteiger partial charge in [-0.05, 0) is 49.8 Å². The average molecular weight is 302 g/mol. The lowest BCUT2D eigenvalue weighted by Crippen LogP contribution is -1.95. The molecule has 0 amide bonds. The second-order valence-electron chi connectivity index (χ2n) is 5.69. The summed E-state index contributed by atoms with van der Waals surface area (Å²) < 4.78 is 10.7. The number of ketones is 1. The number of benzene rings is 1. The highest BCUT2D eigenvalue weighted by Gasteiger charge is 2.12. The highest BCUT2D eigenvalue weighted by Crippen LogP contribution is 2.32. The SMILES string of the molecule is CCC(=O)CCCC(=CCCc1ccc2c(c1)OCO2)CC. The molecule has 0 aliphatic carbocycles. The quantitative estimate of drug-likeness (QED) is 0.613. The Balaban J connectivity index is 1.78. The maximum atomic E-state index is 11.3. The van der Waals surface area contributed by atoms with Crippen LogP contribution in [0.5, 0.6) is 11.5 Å². The number of ether oxygens (including phenoxy) is 2. The van der Waals surface area contributed by atoms with Crippen LogP contribution in [0.4, 0.5) is 0 Å². The number of hydrogen-bond acceptors (Lipinski definition) is 3. The standard InChI is InChI=1S/C19H26O3/c1-3-15(8-6-10-17(20)4-2)7-5-9-16-11-12-18-19(13-16)22-14-21-18/h7,11-13H,3-6,8-10,14H2,1-2H3. The zero-order valence-electron chi connectivity index (χ0n) is 13.7. The summed E-state index contributed by atoms with van der Waals surface area (Å²) in [7, 11) is 0. The van der Waals surface area contributed by atoms with Crippen LogP contribution < -0.4 is 9.47 Å². The van der Waals surface area contributed by atoms with E-state index in [0.717, 1.165) is 50.0 Å². The lowest BCUT2D eigenvalue weighted by molar-refractivity contribution is -0.118. The first-order valence-corrected chi connectivity index (χ1v) is 8.31. The molecule has 0 aromatic heterocycles. The van der Waals surface area contributed by atoms with Crippen molar-refractivity contribution in [3.05, 3.63) is 35.4 Å². The van der Waals surface area contributed by atoms with Gasteiger partial charge in [-0.3, -0.25) is 4.79 Å². The molecule has 1 heterocycles. The number of carbonyl (C=O) groups is 1. The smallest absolute Gasteiger partial charge is 0.231 e. The summed E-state index contributed by atoms with van der Waals surface area (Å²) in [6.07, 6.45) is 8.85. The Kier molecular flexibility index (Phi) is 6.50. The fourth-order valence-electron chi connectivity index (χ4n) is 2.65. The molecule has 1 aliphatic heterocycles. The van der Waals surface area contributed by atoms with Crippen LogP contribution >= 0.6 is 0 Å². The topological polar surface area (TPSA) is 35.5 Å². The van der Waals surface area contributed by atoms with Crippen molar-refractivity contribution in [1.29, 1.82) is 0 Å². The monoisotopic (exact) mass is 302 g/mol. The molecule has 120 valence electrons. The summed E-state index contributed by atoms with van der Waals surface area (Å²) in [6.45, 7) is 4.45.